The third-order valence-corrected chi connectivity index (χ3v) is 2.68. The van der Waals surface area contributed by atoms with Gasteiger partial charge in [0.1, 0.15) is 11.1 Å². The zero-order chi connectivity index (χ0) is 12.5. The van der Waals surface area contributed by atoms with Gasteiger partial charge in [-0.25, -0.2) is 14.8 Å². The minimum absolute atomic E-state index is 0.287. The molecule has 2 aromatic heterocycles. The van der Waals surface area contributed by atoms with Gasteiger partial charge < -0.3 is 4.74 Å². The predicted molar refractivity (Wildman–Crippen MR) is 63.5 cm³/mol. The molecule has 90 valence electrons. The van der Waals surface area contributed by atoms with Crippen molar-refractivity contribution in [2.45, 2.75) is 26.3 Å². The second kappa shape index (κ2) is 4.16. The first-order chi connectivity index (χ1) is 8.07. The van der Waals surface area contributed by atoms with Gasteiger partial charge in [-0.15, -0.1) is 0 Å². The number of fused-ring (bicyclic) bond motifs is 1. The van der Waals surface area contributed by atoms with Crippen molar-refractivity contribution in [2.75, 3.05) is 6.61 Å². The molecule has 2 aromatic rings. The molecular weight excluding hydrogens is 218 g/mol. The number of carbonyl (C=O) groups is 1. The highest BCUT2D eigenvalue weighted by atomic mass is 16.5. The summed E-state index contributed by atoms with van der Waals surface area (Å²) in [4.78, 5) is 20.4. The largest absolute Gasteiger partial charge is 0.464 e. The maximum absolute atomic E-state index is 11.9. The number of imidazole rings is 1. The van der Waals surface area contributed by atoms with E-state index in [1.165, 1.54) is 0 Å². The number of hydrogen-bond acceptors (Lipinski definition) is 4. The molecule has 0 radical (unpaired) electrons. The molecule has 0 N–H and O–H groups in total. The van der Waals surface area contributed by atoms with Gasteiger partial charge in [0, 0.05) is 6.20 Å². The fourth-order valence-electron chi connectivity index (χ4n) is 1.66. The van der Waals surface area contributed by atoms with Crippen molar-refractivity contribution in [3.8, 4) is 0 Å². The number of ether oxygens (including phenoxy) is 1. The van der Waals surface area contributed by atoms with E-state index in [9.17, 15) is 4.79 Å². The molecule has 0 aromatic carbocycles. The van der Waals surface area contributed by atoms with Crippen molar-refractivity contribution in [1.82, 2.24) is 14.5 Å². The summed E-state index contributed by atoms with van der Waals surface area (Å²) in [5, 5.41) is 0. The first-order valence-electron chi connectivity index (χ1n) is 5.53. The summed E-state index contributed by atoms with van der Waals surface area (Å²) in [6, 6.07) is 3.68. The van der Waals surface area contributed by atoms with Crippen molar-refractivity contribution in [3.05, 3.63) is 24.7 Å². The zero-order valence-electron chi connectivity index (χ0n) is 10.2. The van der Waals surface area contributed by atoms with Crippen molar-refractivity contribution in [1.29, 1.82) is 0 Å². The normalized spacial score (nSPS) is 11.7. The Morgan fingerprint density at radius 3 is 2.94 bits per heavy atom. The lowest BCUT2D eigenvalue weighted by Crippen LogP contribution is -2.37. The van der Waals surface area contributed by atoms with Crippen LogP contribution in [-0.4, -0.2) is 27.1 Å². The Bertz CT molecular complexity index is 545. The van der Waals surface area contributed by atoms with Gasteiger partial charge in [0.25, 0.3) is 0 Å². The lowest BCUT2D eigenvalue weighted by molar-refractivity contribution is -0.152. The summed E-state index contributed by atoms with van der Waals surface area (Å²) in [5.41, 5.74) is 0.648. The average molecular weight is 233 g/mol. The third-order valence-electron chi connectivity index (χ3n) is 2.68. The lowest BCUT2D eigenvalue weighted by Gasteiger charge is -2.24. The minimum Gasteiger partial charge on any atom is -0.464 e. The lowest BCUT2D eigenvalue weighted by atomic mass is 10.1. The van der Waals surface area contributed by atoms with E-state index in [-0.39, 0.29) is 5.97 Å². The van der Waals surface area contributed by atoms with Crippen LogP contribution in [0.2, 0.25) is 0 Å². The van der Waals surface area contributed by atoms with Crippen LogP contribution in [0.5, 0.6) is 0 Å². The Kier molecular flexibility index (Phi) is 2.83. The molecule has 0 unspecified atom stereocenters. The summed E-state index contributed by atoms with van der Waals surface area (Å²) < 4.78 is 6.80. The van der Waals surface area contributed by atoms with Gasteiger partial charge in [-0.3, -0.25) is 4.57 Å². The maximum atomic E-state index is 11.9. The molecule has 0 saturated carbocycles. The number of nitrogens with zero attached hydrogens (tertiary/aromatic N) is 3. The molecule has 0 bridgehead atoms. The monoisotopic (exact) mass is 233 g/mol. The van der Waals surface area contributed by atoms with Crippen LogP contribution in [0, 0.1) is 0 Å². The number of pyridine rings is 1. The Morgan fingerprint density at radius 2 is 2.24 bits per heavy atom. The molecule has 0 saturated heterocycles. The van der Waals surface area contributed by atoms with E-state index >= 15 is 0 Å². The van der Waals surface area contributed by atoms with Crippen LogP contribution in [-0.2, 0) is 15.1 Å². The van der Waals surface area contributed by atoms with Gasteiger partial charge in [0.15, 0.2) is 5.65 Å². The number of rotatable bonds is 3. The van der Waals surface area contributed by atoms with Gasteiger partial charge in [-0.2, -0.15) is 0 Å². The third kappa shape index (κ3) is 1.88. The molecule has 0 aliphatic rings. The van der Waals surface area contributed by atoms with Crippen molar-refractivity contribution in [3.63, 3.8) is 0 Å². The Balaban J connectivity index is 2.48. The maximum Gasteiger partial charge on any atom is 0.331 e. The molecule has 0 spiro atoms. The van der Waals surface area contributed by atoms with E-state index in [4.69, 9.17) is 4.74 Å². The van der Waals surface area contributed by atoms with Crippen LogP contribution in [0.4, 0.5) is 0 Å². The smallest absolute Gasteiger partial charge is 0.331 e. The van der Waals surface area contributed by atoms with Gasteiger partial charge in [0.2, 0.25) is 0 Å². The summed E-state index contributed by atoms with van der Waals surface area (Å²) in [5.74, 6) is -0.287. The van der Waals surface area contributed by atoms with Crippen LogP contribution in [0.25, 0.3) is 11.2 Å². The van der Waals surface area contributed by atoms with Gasteiger partial charge in [0.05, 0.1) is 12.9 Å². The molecule has 5 nitrogen and oxygen atoms in total. The summed E-state index contributed by atoms with van der Waals surface area (Å²) in [6.45, 7) is 5.74. The summed E-state index contributed by atoms with van der Waals surface area (Å²) in [6.07, 6.45) is 3.30. The molecule has 0 aliphatic carbocycles. The van der Waals surface area contributed by atoms with E-state index < -0.39 is 5.54 Å². The fourth-order valence-corrected chi connectivity index (χ4v) is 1.66. The van der Waals surface area contributed by atoms with Crippen molar-refractivity contribution < 1.29 is 9.53 Å². The summed E-state index contributed by atoms with van der Waals surface area (Å²) in [7, 11) is 0. The highest BCUT2D eigenvalue weighted by molar-refractivity contribution is 5.81. The van der Waals surface area contributed by atoms with Crippen LogP contribution in [0.3, 0.4) is 0 Å². The second-order valence-corrected chi connectivity index (χ2v) is 4.24. The Morgan fingerprint density at radius 1 is 1.47 bits per heavy atom. The van der Waals surface area contributed by atoms with E-state index in [1.54, 1.807) is 37.9 Å². The Hall–Kier alpha value is -1.91. The molecular formula is C12H15N3O2. The first-order valence-corrected chi connectivity index (χ1v) is 5.53. The SMILES string of the molecule is CCOC(=O)C(C)(C)n1cnc2cccnc21. The van der Waals surface area contributed by atoms with Crippen LogP contribution in [0.15, 0.2) is 24.7 Å². The second-order valence-electron chi connectivity index (χ2n) is 4.24. The van der Waals surface area contributed by atoms with Gasteiger partial charge in [-0.05, 0) is 32.9 Å². The fraction of sp³-hybridized carbons (Fsp3) is 0.417. The van der Waals surface area contributed by atoms with Gasteiger partial charge >= 0.3 is 5.97 Å². The van der Waals surface area contributed by atoms with Crippen LogP contribution in [0.1, 0.15) is 20.8 Å². The van der Waals surface area contributed by atoms with Crippen LogP contribution < -0.4 is 0 Å². The van der Waals surface area contributed by atoms with Crippen LogP contribution >= 0.6 is 0 Å². The predicted octanol–water partition coefficient (Wildman–Crippen LogP) is 1.73. The van der Waals surface area contributed by atoms with Gasteiger partial charge in [-0.1, -0.05) is 0 Å². The minimum atomic E-state index is -0.806. The van der Waals surface area contributed by atoms with E-state index in [2.05, 4.69) is 9.97 Å². The molecule has 2 heterocycles. The summed E-state index contributed by atoms with van der Waals surface area (Å²) >= 11 is 0. The topological polar surface area (TPSA) is 57.0 Å². The molecule has 0 atom stereocenters. The zero-order valence-corrected chi connectivity index (χ0v) is 10.2. The van der Waals surface area contributed by atoms with E-state index in [0.717, 1.165) is 5.52 Å². The quantitative estimate of drug-likeness (QED) is 0.757. The van der Waals surface area contributed by atoms with Crippen molar-refractivity contribution in [2.24, 2.45) is 0 Å². The van der Waals surface area contributed by atoms with E-state index in [1.807, 2.05) is 12.1 Å². The standard InChI is InChI=1S/C12H15N3O2/c1-4-17-11(16)12(2,3)15-8-14-9-6-5-7-13-10(9)15/h5-8H,4H2,1-3H3. The molecule has 0 aliphatic heterocycles. The number of carbonyl (C=O) groups excluding carboxylic acids is 1. The Labute approximate surface area is 99.4 Å². The average Bonchev–Trinajstić information content (AvgIpc) is 2.73. The molecule has 5 heteroatoms. The number of esters is 1. The number of hydrogen-bond donors (Lipinski definition) is 0. The molecule has 2 rings (SSSR count). The van der Waals surface area contributed by atoms with Crippen molar-refractivity contribution >= 4 is 17.1 Å². The highest BCUT2D eigenvalue weighted by Crippen LogP contribution is 2.22. The van der Waals surface area contributed by atoms with E-state index in [0.29, 0.717) is 12.3 Å². The highest BCUT2D eigenvalue weighted by Gasteiger charge is 2.32. The first kappa shape index (κ1) is 11.6. The number of aromatic nitrogens is 3. The molecule has 0 amide bonds. The molecule has 0 fully saturated rings. The molecule has 17 heavy (non-hydrogen) atoms.